The maximum Gasteiger partial charge on any atom is 0.343 e. The molecule has 0 atom stereocenters. The lowest BCUT2D eigenvalue weighted by Gasteiger charge is -2.10. The highest BCUT2D eigenvalue weighted by Gasteiger charge is 2.13. The predicted octanol–water partition coefficient (Wildman–Crippen LogP) is 3.86. The number of carbonyl (C=O) groups is 2. The van der Waals surface area contributed by atoms with Gasteiger partial charge >= 0.3 is 5.97 Å². The molecule has 0 bridgehead atoms. The van der Waals surface area contributed by atoms with E-state index in [-0.39, 0.29) is 11.7 Å². The third-order valence-corrected chi connectivity index (χ3v) is 4.28. The van der Waals surface area contributed by atoms with E-state index in [1.807, 2.05) is 6.92 Å². The van der Waals surface area contributed by atoms with Crippen LogP contribution in [0.25, 0.3) is 0 Å². The van der Waals surface area contributed by atoms with Crippen molar-refractivity contribution in [3.8, 4) is 17.2 Å². The smallest absolute Gasteiger partial charge is 0.343 e. The van der Waals surface area contributed by atoms with Crippen molar-refractivity contribution in [1.82, 2.24) is 10.4 Å². The third-order valence-electron chi connectivity index (χ3n) is 4.28. The topological polar surface area (TPSA) is 99.1 Å². The van der Waals surface area contributed by atoms with Gasteiger partial charge in [-0.2, -0.15) is 5.10 Å². The van der Waals surface area contributed by atoms with E-state index in [0.717, 1.165) is 6.42 Å². The van der Waals surface area contributed by atoms with Crippen LogP contribution in [0.4, 0.5) is 0 Å². The Hall–Kier alpha value is -4.20. The summed E-state index contributed by atoms with van der Waals surface area (Å²) in [6.07, 6.45) is 5.42. The lowest BCUT2D eigenvalue weighted by atomic mass is 10.2. The number of pyridine rings is 1. The Morgan fingerprint density at radius 1 is 1.00 bits per heavy atom. The molecule has 0 aliphatic carbocycles. The summed E-state index contributed by atoms with van der Waals surface area (Å²) in [6, 6.07) is 14.8. The first kappa shape index (κ1) is 22.5. The van der Waals surface area contributed by atoms with Crippen molar-refractivity contribution in [2.24, 2.45) is 5.10 Å². The van der Waals surface area contributed by atoms with Crippen LogP contribution in [-0.2, 0) is 0 Å². The monoisotopic (exact) mass is 433 g/mol. The molecular formula is C24H23N3O5. The molecule has 8 nitrogen and oxygen atoms in total. The lowest BCUT2D eigenvalue weighted by molar-refractivity contribution is 0.0729. The molecular weight excluding hydrogens is 410 g/mol. The van der Waals surface area contributed by atoms with Gasteiger partial charge in [0.15, 0.2) is 11.5 Å². The van der Waals surface area contributed by atoms with Gasteiger partial charge in [-0.15, -0.1) is 0 Å². The molecule has 0 fully saturated rings. The van der Waals surface area contributed by atoms with E-state index in [4.69, 9.17) is 14.2 Å². The summed E-state index contributed by atoms with van der Waals surface area (Å²) in [6.45, 7) is 2.64. The Morgan fingerprint density at radius 3 is 2.44 bits per heavy atom. The number of nitrogens with zero attached hydrogens (tertiary/aromatic N) is 2. The molecule has 0 spiro atoms. The summed E-state index contributed by atoms with van der Waals surface area (Å²) in [5.74, 6) is 0.441. The highest BCUT2D eigenvalue weighted by Crippen LogP contribution is 2.28. The molecule has 0 saturated heterocycles. The van der Waals surface area contributed by atoms with Crippen molar-refractivity contribution < 1.29 is 23.8 Å². The lowest BCUT2D eigenvalue weighted by Crippen LogP contribution is -2.17. The molecule has 1 aromatic heterocycles. The molecule has 1 heterocycles. The Kier molecular flexibility index (Phi) is 7.91. The first-order valence-electron chi connectivity index (χ1n) is 9.97. The number of amides is 1. The largest absolute Gasteiger partial charge is 0.494 e. The van der Waals surface area contributed by atoms with Gasteiger partial charge in [-0.05, 0) is 66.6 Å². The summed E-state index contributed by atoms with van der Waals surface area (Å²) in [5, 5.41) is 3.94. The van der Waals surface area contributed by atoms with Crippen LogP contribution in [-0.4, -0.2) is 36.8 Å². The maximum atomic E-state index is 12.5. The Balaban J connectivity index is 1.63. The van der Waals surface area contributed by atoms with Gasteiger partial charge in [0.05, 0.1) is 25.5 Å². The van der Waals surface area contributed by atoms with Crippen molar-refractivity contribution in [3.63, 3.8) is 0 Å². The molecule has 0 unspecified atom stereocenters. The zero-order valence-electron chi connectivity index (χ0n) is 17.8. The van der Waals surface area contributed by atoms with E-state index in [1.54, 1.807) is 54.6 Å². The minimum atomic E-state index is -0.517. The highest BCUT2D eigenvalue weighted by atomic mass is 16.6. The van der Waals surface area contributed by atoms with Crippen LogP contribution >= 0.6 is 0 Å². The molecule has 0 aliphatic rings. The molecule has 8 heteroatoms. The molecule has 0 saturated carbocycles. The number of ether oxygens (including phenoxy) is 3. The SMILES string of the molecule is CCCOc1ccc(C(=O)Oc2ccc(/C=N/NC(=O)c3ccncc3)cc2OC)cc1. The van der Waals surface area contributed by atoms with Crippen LogP contribution in [0, 0.1) is 0 Å². The summed E-state index contributed by atoms with van der Waals surface area (Å²) < 4.78 is 16.3. The average molecular weight is 433 g/mol. The van der Waals surface area contributed by atoms with Crippen LogP contribution in [0.1, 0.15) is 39.6 Å². The van der Waals surface area contributed by atoms with Crippen LogP contribution in [0.3, 0.4) is 0 Å². The molecule has 1 amide bonds. The van der Waals surface area contributed by atoms with Crippen LogP contribution < -0.4 is 19.6 Å². The van der Waals surface area contributed by atoms with Gasteiger partial charge in [0, 0.05) is 18.0 Å². The van der Waals surface area contributed by atoms with Crippen molar-refractivity contribution in [3.05, 3.63) is 83.7 Å². The van der Waals surface area contributed by atoms with Crippen LogP contribution in [0.5, 0.6) is 17.2 Å². The number of hydrogen-bond donors (Lipinski definition) is 1. The molecule has 0 aliphatic heterocycles. The molecule has 164 valence electrons. The van der Waals surface area contributed by atoms with E-state index in [2.05, 4.69) is 15.5 Å². The third kappa shape index (κ3) is 6.15. The van der Waals surface area contributed by atoms with E-state index in [0.29, 0.717) is 34.8 Å². The zero-order chi connectivity index (χ0) is 22.8. The second kappa shape index (κ2) is 11.3. The van der Waals surface area contributed by atoms with Gasteiger partial charge < -0.3 is 14.2 Å². The minimum absolute atomic E-state index is 0.266. The molecule has 1 N–H and O–H groups in total. The fourth-order valence-corrected chi connectivity index (χ4v) is 2.65. The molecule has 0 radical (unpaired) electrons. The first-order valence-corrected chi connectivity index (χ1v) is 9.97. The summed E-state index contributed by atoms with van der Waals surface area (Å²) in [5.41, 5.74) is 3.92. The van der Waals surface area contributed by atoms with Crippen molar-refractivity contribution in [2.45, 2.75) is 13.3 Å². The number of hydrogen-bond acceptors (Lipinski definition) is 7. The number of carbonyl (C=O) groups excluding carboxylic acids is 2. The molecule has 3 rings (SSSR count). The van der Waals surface area contributed by atoms with Crippen LogP contribution in [0.2, 0.25) is 0 Å². The Morgan fingerprint density at radius 2 is 1.75 bits per heavy atom. The standard InChI is InChI=1S/C24H23N3O5/c1-3-14-31-20-7-5-19(6-8-20)24(29)32-21-9-4-17(15-22(21)30-2)16-26-27-23(28)18-10-12-25-13-11-18/h4-13,15-16H,3,14H2,1-2H3,(H,27,28)/b26-16+. The van der Waals surface area contributed by atoms with Gasteiger partial charge in [-0.3, -0.25) is 9.78 Å². The number of rotatable bonds is 9. The maximum absolute atomic E-state index is 12.5. The number of methoxy groups -OCH3 is 1. The van der Waals surface area contributed by atoms with Crippen molar-refractivity contribution in [2.75, 3.05) is 13.7 Å². The normalized spacial score (nSPS) is 10.6. The summed E-state index contributed by atoms with van der Waals surface area (Å²) >= 11 is 0. The number of esters is 1. The van der Waals surface area contributed by atoms with Crippen LogP contribution in [0.15, 0.2) is 72.1 Å². The van der Waals surface area contributed by atoms with Crippen molar-refractivity contribution >= 4 is 18.1 Å². The predicted molar refractivity (Wildman–Crippen MR) is 119 cm³/mol. The van der Waals surface area contributed by atoms with Gasteiger partial charge in [-0.25, -0.2) is 10.2 Å². The quantitative estimate of drug-likeness (QED) is 0.238. The summed E-state index contributed by atoms with van der Waals surface area (Å²) in [7, 11) is 1.47. The fraction of sp³-hybridized carbons (Fsp3) is 0.167. The molecule has 3 aromatic rings. The van der Waals surface area contributed by atoms with E-state index in [9.17, 15) is 9.59 Å². The Labute approximate surface area is 185 Å². The van der Waals surface area contributed by atoms with Crippen molar-refractivity contribution in [1.29, 1.82) is 0 Å². The molecule has 32 heavy (non-hydrogen) atoms. The fourth-order valence-electron chi connectivity index (χ4n) is 2.65. The Bertz CT molecular complexity index is 1080. The molecule has 2 aromatic carbocycles. The highest BCUT2D eigenvalue weighted by molar-refractivity contribution is 5.95. The second-order valence-corrected chi connectivity index (χ2v) is 6.61. The number of benzene rings is 2. The van der Waals surface area contributed by atoms with E-state index >= 15 is 0 Å². The van der Waals surface area contributed by atoms with Gasteiger partial charge in [0.2, 0.25) is 0 Å². The van der Waals surface area contributed by atoms with Gasteiger partial charge in [-0.1, -0.05) is 6.92 Å². The second-order valence-electron chi connectivity index (χ2n) is 6.61. The average Bonchev–Trinajstić information content (AvgIpc) is 2.84. The summed E-state index contributed by atoms with van der Waals surface area (Å²) in [4.78, 5) is 28.3. The number of nitrogens with one attached hydrogen (secondary N) is 1. The van der Waals surface area contributed by atoms with Gasteiger partial charge in [0.1, 0.15) is 5.75 Å². The zero-order valence-corrected chi connectivity index (χ0v) is 17.8. The van der Waals surface area contributed by atoms with E-state index < -0.39 is 5.97 Å². The minimum Gasteiger partial charge on any atom is -0.494 e. The first-order chi connectivity index (χ1) is 15.6. The number of aromatic nitrogens is 1. The van der Waals surface area contributed by atoms with Gasteiger partial charge in [0.25, 0.3) is 5.91 Å². The number of hydrazone groups is 1. The van der Waals surface area contributed by atoms with E-state index in [1.165, 1.54) is 25.7 Å².